The van der Waals surface area contributed by atoms with Crippen molar-refractivity contribution < 1.29 is 27.2 Å². The third-order valence-corrected chi connectivity index (χ3v) is 1.46. The maximum absolute atomic E-state index is 10.2. The van der Waals surface area contributed by atoms with Gasteiger partial charge in [0.15, 0.2) is 0 Å². The standard InChI is InChI=1S/C6H7NO4S.BH2O2/c7-5-2-1-3-6(4-5)11-12(8,9)10;2-1-3/h1-4H,7H2,(H,8,9,10);2-3H. The zero-order chi connectivity index (χ0) is 11.9. The van der Waals surface area contributed by atoms with Crippen LogP contribution in [0.15, 0.2) is 24.3 Å². The minimum Gasteiger partial charge on any atom is -0.429 e. The lowest BCUT2D eigenvalue weighted by Gasteiger charge is -2.00. The summed E-state index contributed by atoms with van der Waals surface area (Å²) in [6, 6.07) is 5.73. The summed E-state index contributed by atoms with van der Waals surface area (Å²) in [5.41, 5.74) is 5.68. The van der Waals surface area contributed by atoms with Gasteiger partial charge >= 0.3 is 18.1 Å². The van der Waals surface area contributed by atoms with Crippen LogP contribution in [0.4, 0.5) is 5.69 Å². The number of nitrogen functional groups attached to an aromatic ring is 1. The molecule has 0 fully saturated rings. The Labute approximate surface area is 87.4 Å². The van der Waals surface area contributed by atoms with Gasteiger partial charge in [0.2, 0.25) is 0 Å². The van der Waals surface area contributed by atoms with E-state index < -0.39 is 10.4 Å². The first-order chi connectivity index (χ1) is 6.89. The molecule has 0 aliphatic carbocycles. The highest BCUT2D eigenvalue weighted by atomic mass is 32.3. The number of anilines is 1. The van der Waals surface area contributed by atoms with Crippen LogP contribution in [0.25, 0.3) is 0 Å². The fourth-order valence-corrected chi connectivity index (χ4v) is 1.03. The molecule has 0 aliphatic heterocycles. The van der Waals surface area contributed by atoms with Crippen molar-refractivity contribution in [3.63, 3.8) is 0 Å². The van der Waals surface area contributed by atoms with E-state index in [9.17, 15) is 8.42 Å². The highest BCUT2D eigenvalue weighted by Crippen LogP contribution is 2.15. The van der Waals surface area contributed by atoms with Crippen LogP contribution in [0.5, 0.6) is 5.75 Å². The Kier molecular flexibility index (Phi) is 5.71. The van der Waals surface area contributed by atoms with Crippen LogP contribution in [0.1, 0.15) is 0 Å². The van der Waals surface area contributed by atoms with Gasteiger partial charge < -0.3 is 20.0 Å². The van der Waals surface area contributed by atoms with Crippen molar-refractivity contribution in [3.8, 4) is 5.75 Å². The maximum Gasteiger partial charge on any atom is 0.482 e. The van der Waals surface area contributed by atoms with Crippen molar-refractivity contribution >= 4 is 23.8 Å². The van der Waals surface area contributed by atoms with Gasteiger partial charge in [0.1, 0.15) is 5.75 Å². The van der Waals surface area contributed by atoms with Gasteiger partial charge in [-0.1, -0.05) is 6.07 Å². The monoisotopic (exact) mass is 234 g/mol. The first-order valence-corrected chi connectivity index (χ1v) is 4.88. The fraction of sp³-hybridized carbons (Fsp3) is 0. The number of nitrogens with two attached hydrogens (primary N) is 1. The zero-order valence-corrected chi connectivity index (χ0v) is 8.26. The maximum atomic E-state index is 10.2. The second-order valence-electron chi connectivity index (χ2n) is 2.20. The summed E-state index contributed by atoms with van der Waals surface area (Å²) in [5.74, 6) is -0.0162. The number of benzene rings is 1. The van der Waals surface area contributed by atoms with Crippen LogP contribution in [0.3, 0.4) is 0 Å². The van der Waals surface area contributed by atoms with Gasteiger partial charge in [0.05, 0.1) is 0 Å². The highest BCUT2D eigenvalue weighted by molar-refractivity contribution is 7.81. The highest BCUT2D eigenvalue weighted by Gasteiger charge is 2.05. The second-order valence-corrected chi connectivity index (χ2v) is 3.22. The van der Waals surface area contributed by atoms with Crippen molar-refractivity contribution in [2.75, 3.05) is 5.73 Å². The molecule has 0 saturated carbocycles. The largest absolute Gasteiger partial charge is 0.482 e. The van der Waals surface area contributed by atoms with Crippen molar-refractivity contribution in [2.45, 2.75) is 0 Å². The van der Waals surface area contributed by atoms with Crippen molar-refractivity contribution in [1.82, 2.24) is 0 Å². The summed E-state index contributed by atoms with van der Waals surface area (Å²) in [7, 11) is -4.45. The molecule has 0 saturated heterocycles. The van der Waals surface area contributed by atoms with Crippen LogP contribution in [0.2, 0.25) is 0 Å². The lowest BCUT2D eigenvalue weighted by atomic mass is 10.3. The van der Waals surface area contributed by atoms with Gasteiger partial charge in [-0.15, -0.1) is 0 Å². The second kappa shape index (κ2) is 6.25. The third kappa shape index (κ3) is 7.76. The van der Waals surface area contributed by atoms with Gasteiger partial charge in [-0.05, 0) is 12.1 Å². The number of rotatable bonds is 2. The number of hydrogen-bond donors (Lipinski definition) is 4. The van der Waals surface area contributed by atoms with E-state index in [-0.39, 0.29) is 13.4 Å². The average Bonchev–Trinajstić information content (AvgIpc) is 2.01. The molecule has 5 N–H and O–H groups in total. The molecule has 7 nitrogen and oxygen atoms in total. The van der Waals surface area contributed by atoms with Crippen LogP contribution < -0.4 is 9.92 Å². The summed E-state index contributed by atoms with van der Waals surface area (Å²) in [6.07, 6.45) is 0. The zero-order valence-electron chi connectivity index (χ0n) is 7.44. The molecule has 1 aromatic rings. The topological polar surface area (TPSA) is 130 Å². The molecule has 0 atom stereocenters. The van der Waals surface area contributed by atoms with E-state index in [1.165, 1.54) is 18.2 Å². The Morgan fingerprint density at radius 1 is 1.33 bits per heavy atom. The summed E-state index contributed by atoms with van der Waals surface area (Å²) >= 11 is 0. The van der Waals surface area contributed by atoms with E-state index in [1.807, 2.05) is 0 Å². The minimum atomic E-state index is -4.45. The normalized spacial score (nSPS) is 9.80. The molecule has 0 heterocycles. The molecule has 1 aromatic carbocycles. The van der Waals surface area contributed by atoms with Crippen molar-refractivity contribution in [2.24, 2.45) is 0 Å². The molecule has 1 rings (SSSR count). The third-order valence-electron chi connectivity index (χ3n) is 1.06. The first-order valence-electron chi connectivity index (χ1n) is 3.51. The molecular formula is C6H9BNO6S. The van der Waals surface area contributed by atoms with Crippen molar-refractivity contribution in [3.05, 3.63) is 24.3 Å². The van der Waals surface area contributed by atoms with Gasteiger partial charge in [-0.25, -0.2) is 0 Å². The van der Waals surface area contributed by atoms with Crippen LogP contribution in [-0.2, 0) is 10.4 Å². The Balaban J connectivity index is 0.000000583. The van der Waals surface area contributed by atoms with E-state index in [0.717, 1.165) is 0 Å². The van der Waals surface area contributed by atoms with E-state index in [2.05, 4.69) is 4.18 Å². The first kappa shape index (κ1) is 13.7. The molecule has 0 amide bonds. The Bertz CT molecular complexity index is 394. The molecule has 0 aromatic heterocycles. The molecule has 0 spiro atoms. The van der Waals surface area contributed by atoms with Gasteiger partial charge in [-0.2, -0.15) is 8.42 Å². The molecule has 0 bridgehead atoms. The molecule has 1 radical (unpaired) electrons. The van der Waals surface area contributed by atoms with E-state index in [1.54, 1.807) is 6.07 Å². The summed E-state index contributed by atoms with van der Waals surface area (Å²) < 4.78 is 32.8. The van der Waals surface area contributed by atoms with Gasteiger partial charge in [0, 0.05) is 11.8 Å². The van der Waals surface area contributed by atoms with E-state index >= 15 is 0 Å². The van der Waals surface area contributed by atoms with Gasteiger partial charge in [0.25, 0.3) is 0 Å². The Morgan fingerprint density at radius 3 is 2.27 bits per heavy atom. The van der Waals surface area contributed by atoms with Crippen molar-refractivity contribution in [1.29, 1.82) is 0 Å². The smallest absolute Gasteiger partial charge is 0.429 e. The molecule has 0 aliphatic rings. The molecule has 15 heavy (non-hydrogen) atoms. The van der Waals surface area contributed by atoms with E-state index in [4.69, 9.17) is 20.3 Å². The fourth-order valence-electron chi connectivity index (χ4n) is 0.688. The average molecular weight is 234 g/mol. The SMILES string of the molecule is Nc1cccc(OS(=O)(=O)O)c1.O[B]O. The lowest BCUT2D eigenvalue weighted by Crippen LogP contribution is -2.06. The van der Waals surface area contributed by atoms with Gasteiger partial charge in [-0.3, -0.25) is 4.55 Å². The summed E-state index contributed by atoms with van der Waals surface area (Å²) in [6.45, 7) is 0. The minimum absolute atomic E-state index is 0. The molecule has 0 unspecified atom stereocenters. The predicted molar refractivity (Wildman–Crippen MR) is 53.2 cm³/mol. The molecule has 9 heteroatoms. The van der Waals surface area contributed by atoms with Crippen LogP contribution >= 0.6 is 0 Å². The molecule has 83 valence electrons. The Hall–Kier alpha value is -1.29. The lowest BCUT2D eigenvalue weighted by molar-refractivity contribution is 0.387. The van der Waals surface area contributed by atoms with Crippen LogP contribution in [0, 0.1) is 0 Å². The summed E-state index contributed by atoms with van der Waals surface area (Å²) in [4.78, 5) is 0. The quantitative estimate of drug-likeness (QED) is 0.292. The number of hydrogen-bond acceptors (Lipinski definition) is 6. The van der Waals surface area contributed by atoms with E-state index in [0.29, 0.717) is 5.69 Å². The Morgan fingerprint density at radius 2 is 1.87 bits per heavy atom. The van der Waals surface area contributed by atoms with Crippen LogP contribution in [-0.4, -0.2) is 30.7 Å². The predicted octanol–water partition coefficient (Wildman–Crippen LogP) is -1.04. The molecular weight excluding hydrogens is 225 g/mol. The summed E-state index contributed by atoms with van der Waals surface area (Å²) in [5, 5.41) is 14.0.